The third-order valence-corrected chi connectivity index (χ3v) is 4.74. The predicted octanol–water partition coefficient (Wildman–Crippen LogP) is 3.47. The maximum absolute atomic E-state index is 5.85. The van der Waals surface area contributed by atoms with Gasteiger partial charge in [-0.05, 0) is 32.9 Å². The lowest BCUT2D eigenvalue weighted by molar-refractivity contribution is 0.232. The minimum absolute atomic E-state index is 0. The van der Waals surface area contributed by atoms with Gasteiger partial charge in [0.1, 0.15) is 12.3 Å². The number of likely N-dealkylation sites (tertiary alicyclic amines) is 1. The molecule has 1 aromatic heterocycles. The van der Waals surface area contributed by atoms with Crippen molar-refractivity contribution >= 4 is 29.9 Å². The standard InChI is InChI=1S/C19H35N5O.HI/c1-7-20-18(23(6)14-15-10-9-11-24(15)8-2)22-13-17-21-12-16(25-17)19(3,4)5;/h12,15H,7-11,13-14H2,1-6H3,(H,20,22);1H. The third kappa shape index (κ3) is 6.40. The molecule has 1 atom stereocenters. The summed E-state index contributed by atoms with van der Waals surface area (Å²) >= 11 is 0. The fraction of sp³-hybridized carbons (Fsp3) is 0.789. The molecule has 0 radical (unpaired) electrons. The highest BCUT2D eigenvalue weighted by Crippen LogP contribution is 2.23. The maximum Gasteiger partial charge on any atom is 0.216 e. The van der Waals surface area contributed by atoms with Crippen LogP contribution in [0.2, 0.25) is 0 Å². The van der Waals surface area contributed by atoms with Gasteiger partial charge in [-0.25, -0.2) is 9.98 Å². The summed E-state index contributed by atoms with van der Waals surface area (Å²) in [5.41, 5.74) is -0.0255. The highest BCUT2D eigenvalue weighted by molar-refractivity contribution is 14.0. The van der Waals surface area contributed by atoms with Crippen molar-refractivity contribution in [1.29, 1.82) is 0 Å². The van der Waals surface area contributed by atoms with Crippen LogP contribution in [0.25, 0.3) is 0 Å². The van der Waals surface area contributed by atoms with Gasteiger partial charge in [0.15, 0.2) is 5.96 Å². The Labute approximate surface area is 175 Å². The SMILES string of the molecule is CCNC(=NCc1ncc(C(C)(C)C)o1)N(C)CC1CCCN1CC.I. The number of oxazole rings is 1. The van der Waals surface area contributed by atoms with Crippen LogP contribution in [0.4, 0.5) is 0 Å². The largest absolute Gasteiger partial charge is 0.443 e. The zero-order valence-corrected chi connectivity index (χ0v) is 19.5. The highest BCUT2D eigenvalue weighted by atomic mass is 127. The van der Waals surface area contributed by atoms with Crippen molar-refractivity contribution < 1.29 is 4.42 Å². The molecule has 6 nitrogen and oxygen atoms in total. The van der Waals surface area contributed by atoms with Crippen molar-refractivity contribution in [1.82, 2.24) is 20.1 Å². The van der Waals surface area contributed by atoms with Gasteiger partial charge in [-0.2, -0.15) is 0 Å². The Morgan fingerprint density at radius 2 is 2.15 bits per heavy atom. The Morgan fingerprint density at radius 1 is 1.42 bits per heavy atom. The molecule has 1 aliphatic heterocycles. The molecule has 1 N–H and O–H groups in total. The summed E-state index contributed by atoms with van der Waals surface area (Å²) in [6.45, 7) is 15.4. The number of hydrogen-bond donors (Lipinski definition) is 1. The number of aromatic nitrogens is 1. The second kappa shape index (κ2) is 10.5. The number of halogens is 1. The quantitative estimate of drug-likeness (QED) is 0.387. The molecule has 0 spiro atoms. The van der Waals surface area contributed by atoms with Crippen molar-refractivity contribution in [2.24, 2.45) is 4.99 Å². The molecule has 1 saturated heterocycles. The molecular weight excluding hydrogens is 441 g/mol. The van der Waals surface area contributed by atoms with Gasteiger partial charge in [0.25, 0.3) is 0 Å². The predicted molar refractivity (Wildman–Crippen MR) is 118 cm³/mol. The first-order valence-electron chi connectivity index (χ1n) is 9.53. The number of nitrogens with one attached hydrogen (secondary N) is 1. The lowest BCUT2D eigenvalue weighted by Gasteiger charge is -2.29. The van der Waals surface area contributed by atoms with Crippen molar-refractivity contribution in [2.75, 3.05) is 33.2 Å². The molecule has 1 aromatic rings. The van der Waals surface area contributed by atoms with E-state index in [2.05, 4.69) is 61.8 Å². The van der Waals surface area contributed by atoms with Crippen LogP contribution in [0.3, 0.4) is 0 Å². The van der Waals surface area contributed by atoms with E-state index >= 15 is 0 Å². The number of aliphatic imine (C=N–C) groups is 1. The zero-order valence-electron chi connectivity index (χ0n) is 17.2. The van der Waals surface area contributed by atoms with Gasteiger partial charge < -0.3 is 14.6 Å². The minimum Gasteiger partial charge on any atom is -0.443 e. The number of guanidine groups is 1. The van der Waals surface area contributed by atoms with Gasteiger partial charge in [-0.1, -0.05) is 27.7 Å². The molecule has 26 heavy (non-hydrogen) atoms. The van der Waals surface area contributed by atoms with E-state index < -0.39 is 0 Å². The number of nitrogens with zero attached hydrogens (tertiary/aromatic N) is 4. The Kier molecular flexibility index (Phi) is 9.36. The normalized spacial score (nSPS) is 18.7. The molecule has 1 unspecified atom stereocenters. The van der Waals surface area contributed by atoms with E-state index in [0.717, 1.165) is 31.4 Å². The first-order valence-corrected chi connectivity index (χ1v) is 9.53. The number of hydrogen-bond acceptors (Lipinski definition) is 4. The maximum atomic E-state index is 5.85. The molecule has 0 aromatic carbocycles. The van der Waals surface area contributed by atoms with Crippen molar-refractivity contribution in [3.05, 3.63) is 17.8 Å². The summed E-state index contributed by atoms with van der Waals surface area (Å²) in [5, 5.41) is 3.38. The van der Waals surface area contributed by atoms with Crippen LogP contribution in [0.5, 0.6) is 0 Å². The fourth-order valence-corrected chi connectivity index (χ4v) is 3.26. The van der Waals surface area contributed by atoms with E-state index in [0.29, 0.717) is 18.5 Å². The van der Waals surface area contributed by atoms with Gasteiger partial charge in [0, 0.05) is 31.6 Å². The van der Waals surface area contributed by atoms with Crippen molar-refractivity contribution in [2.45, 2.75) is 65.5 Å². The van der Waals surface area contributed by atoms with Crippen molar-refractivity contribution in [3.63, 3.8) is 0 Å². The Hall–Kier alpha value is -0.830. The van der Waals surface area contributed by atoms with Crippen LogP contribution in [0.15, 0.2) is 15.6 Å². The molecular formula is C19H36IN5O. The average molecular weight is 477 g/mol. The molecule has 0 amide bonds. The van der Waals surface area contributed by atoms with Crippen LogP contribution < -0.4 is 5.32 Å². The Bertz CT molecular complexity index is 567. The Balaban J connectivity index is 0.00000338. The van der Waals surface area contributed by atoms with Crippen LogP contribution in [0, 0.1) is 0 Å². The summed E-state index contributed by atoms with van der Waals surface area (Å²) in [6.07, 6.45) is 4.39. The smallest absolute Gasteiger partial charge is 0.216 e. The lowest BCUT2D eigenvalue weighted by Crippen LogP contribution is -2.45. The first-order chi connectivity index (χ1) is 11.8. The van der Waals surface area contributed by atoms with Crippen LogP contribution in [-0.2, 0) is 12.0 Å². The second-order valence-electron chi connectivity index (χ2n) is 7.84. The summed E-state index contributed by atoms with van der Waals surface area (Å²) in [7, 11) is 2.11. The highest BCUT2D eigenvalue weighted by Gasteiger charge is 2.25. The van der Waals surface area contributed by atoms with Crippen LogP contribution in [-0.4, -0.2) is 60.0 Å². The monoisotopic (exact) mass is 477 g/mol. The van der Waals surface area contributed by atoms with Crippen LogP contribution >= 0.6 is 24.0 Å². The molecule has 1 fully saturated rings. The van der Waals surface area contributed by atoms with Crippen LogP contribution in [0.1, 0.15) is 59.1 Å². The van der Waals surface area contributed by atoms with Gasteiger partial charge in [-0.15, -0.1) is 24.0 Å². The van der Waals surface area contributed by atoms with E-state index in [1.165, 1.54) is 19.4 Å². The van der Waals surface area contributed by atoms with E-state index in [1.54, 1.807) is 0 Å². The van der Waals surface area contributed by atoms with Gasteiger partial charge >= 0.3 is 0 Å². The molecule has 150 valence electrons. The minimum atomic E-state index is -0.0255. The van der Waals surface area contributed by atoms with E-state index in [1.807, 2.05) is 6.20 Å². The summed E-state index contributed by atoms with van der Waals surface area (Å²) in [4.78, 5) is 13.9. The topological polar surface area (TPSA) is 56.9 Å². The molecule has 0 bridgehead atoms. The first kappa shape index (κ1) is 23.2. The van der Waals surface area contributed by atoms with E-state index in [-0.39, 0.29) is 29.4 Å². The Morgan fingerprint density at radius 3 is 2.73 bits per heavy atom. The van der Waals surface area contributed by atoms with Gasteiger partial charge in [0.2, 0.25) is 5.89 Å². The zero-order chi connectivity index (χ0) is 18.4. The number of likely N-dealkylation sites (N-methyl/N-ethyl adjacent to an activating group) is 2. The van der Waals surface area contributed by atoms with Crippen molar-refractivity contribution in [3.8, 4) is 0 Å². The molecule has 0 saturated carbocycles. The van der Waals surface area contributed by atoms with E-state index in [4.69, 9.17) is 9.41 Å². The molecule has 1 aliphatic rings. The second-order valence-corrected chi connectivity index (χ2v) is 7.84. The fourth-order valence-electron chi connectivity index (χ4n) is 3.26. The average Bonchev–Trinajstić information content (AvgIpc) is 3.19. The summed E-state index contributed by atoms with van der Waals surface area (Å²) in [6, 6.07) is 0.619. The molecule has 2 heterocycles. The van der Waals surface area contributed by atoms with Gasteiger partial charge in [0.05, 0.1) is 6.20 Å². The molecule has 0 aliphatic carbocycles. The lowest BCUT2D eigenvalue weighted by atomic mass is 9.94. The summed E-state index contributed by atoms with van der Waals surface area (Å²) in [5.74, 6) is 2.49. The van der Waals surface area contributed by atoms with Gasteiger partial charge in [-0.3, -0.25) is 4.90 Å². The third-order valence-electron chi connectivity index (χ3n) is 4.74. The number of rotatable bonds is 6. The molecule has 7 heteroatoms. The molecule has 2 rings (SSSR count). The van der Waals surface area contributed by atoms with E-state index in [9.17, 15) is 0 Å². The summed E-state index contributed by atoms with van der Waals surface area (Å²) < 4.78 is 5.85.